The lowest BCUT2D eigenvalue weighted by Crippen LogP contribution is -2.20. The quantitative estimate of drug-likeness (QED) is 0.904. The molecule has 2 aromatic carbocycles. The van der Waals surface area contributed by atoms with Crippen LogP contribution in [0.3, 0.4) is 0 Å². The highest BCUT2D eigenvalue weighted by Crippen LogP contribution is 2.33. The van der Waals surface area contributed by atoms with Gasteiger partial charge in [-0.15, -0.1) is 0 Å². The zero-order valence-corrected chi connectivity index (χ0v) is 12.2. The highest BCUT2D eigenvalue weighted by molar-refractivity contribution is 9.10. The summed E-state index contributed by atoms with van der Waals surface area (Å²) in [5.41, 5.74) is 2.46. The van der Waals surface area contributed by atoms with Crippen molar-refractivity contribution in [1.82, 2.24) is 0 Å². The Labute approximate surface area is 121 Å². The summed E-state index contributed by atoms with van der Waals surface area (Å²) in [7, 11) is 0. The smallest absolute Gasteiger partial charge is 0.122 e. The largest absolute Gasteiger partial charge is 0.493 e. The summed E-state index contributed by atoms with van der Waals surface area (Å²) < 4.78 is 6.80. The van der Waals surface area contributed by atoms with Crippen molar-refractivity contribution in [2.75, 3.05) is 18.5 Å². The third-order valence-electron chi connectivity index (χ3n) is 3.50. The minimum absolute atomic E-state index is 0.511. The second-order valence-electron chi connectivity index (χ2n) is 4.73. The van der Waals surface area contributed by atoms with Crippen molar-refractivity contribution < 1.29 is 4.74 Å². The first-order chi connectivity index (χ1) is 9.34. The van der Waals surface area contributed by atoms with Crippen molar-refractivity contribution in [2.24, 2.45) is 0 Å². The topological polar surface area (TPSA) is 21.3 Å². The van der Waals surface area contributed by atoms with Crippen molar-refractivity contribution in [2.45, 2.75) is 12.3 Å². The van der Waals surface area contributed by atoms with E-state index in [1.54, 1.807) is 0 Å². The Morgan fingerprint density at radius 2 is 1.89 bits per heavy atom. The SMILES string of the molecule is Brc1ccccc1NCC1CCOc2ccccc21. The van der Waals surface area contributed by atoms with Crippen molar-refractivity contribution in [3.05, 3.63) is 58.6 Å². The van der Waals surface area contributed by atoms with Crippen molar-refractivity contribution in [3.8, 4) is 5.75 Å². The molecule has 0 saturated carbocycles. The molecule has 0 saturated heterocycles. The second-order valence-corrected chi connectivity index (χ2v) is 5.59. The Morgan fingerprint density at radius 1 is 1.11 bits per heavy atom. The van der Waals surface area contributed by atoms with Crippen LogP contribution in [0.15, 0.2) is 53.0 Å². The fourth-order valence-electron chi connectivity index (χ4n) is 2.47. The molecule has 98 valence electrons. The molecule has 3 heteroatoms. The third kappa shape index (κ3) is 2.76. The zero-order valence-electron chi connectivity index (χ0n) is 10.6. The van der Waals surface area contributed by atoms with E-state index in [0.29, 0.717) is 5.92 Å². The number of nitrogens with one attached hydrogen (secondary N) is 1. The van der Waals surface area contributed by atoms with Gasteiger partial charge in [0, 0.05) is 22.6 Å². The lowest BCUT2D eigenvalue weighted by Gasteiger charge is -2.26. The van der Waals surface area contributed by atoms with Gasteiger partial charge < -0.3 is 10.1 Å². The average molecular weight is 318 g/mol. The van der Waals surface area contributed by atoms with Crippen LogP contribution in [-0.4, -0.2) is 13.2 Å². The van der Waals surface area contributed by atoms with E-state index in [4.69, 9.17) is 4.74 Å². The summed E-state index contributed by atoms with van der Waals surface area (Å²) in [6, 6.07) is 16.6. The lowest BCUT2D eigenvalue weighted by atomic mass is 9.93. The van der Waals surface area contributed by atoms with Crippen LogP contribution in [-0.2, 0) is 0 Å². The number of fused-ring (bicyclic) bond motifs is 1. The van der Waals surface area contributed by atoms with Crippen LogP contribution in [0.2, 0.25) is 0 Å². The van der Waals surface area contributed by atoms with E-state index in [1.165, 1.54) is 5.56 Å². The first-order valence-electron chi connectivity index (χ1n) is 6.55. The fraction of sp³-hybridized carbons (Fsp3) is 0.250. The Kier molecular flexibility index (Phi) is 3.74. The molecule has 0 bridgehead atoms. The van der Waals surface area contributed by atoms with Gasteiger partial charge >= 0.3 is 0 Å². The second kappa shape index (κ2) is 5.66. The van der Waals surface area contributed by atoms with Gasteiger partial charge in [-0.25, -0.2) is 0 Å². The maximum absolute atomic E-state index is 5.69. The molecule has 0 amide bonds. The van der Waals surface area contributed by atoms with Crippen LogP contribution in [0.5, 0.6) is 5.75 Å². The highest BCUT2D eigenvalue weighted by Gasteiger charge is 2.20. The summed E-state index contributed by atoms with van der Waals surface area (Å²) >= 11 is 3.57. The van der Waals surface area contributed by atoms with Crippen LogP contribution >= 0.6 is 15.9 Å². The van der Waals surface area contributed by atoms with Gasteiger partial charge in [-0.05, 0) is 46.1 Å². The maximum atomic E-state index is 5.69. The number of rotatable bonds is 3. The van der Waals surface area contributed by atoms with Crippen LogP contribution in [0.4, 0.5) is 5.69 Å². The number of anilines is 1. The summed E-state index contributed by atoms with van der Waals surface area (Å²) in [6.07, 6.45) is 1.06. The fourth-order valence-corrected chi connectivity index (χ4v) is 2.89. The Bertz CT molecular complexity index is 570. The number of hydrogen-bond donors (Lipinski definition) is 1. The molecule has 2 nitrogen and oxygen atoms in total. The lowest BCUT2D eigenvalue weighted by molar-refractivity contribution is 0.270. The number of ether oxygens (including phenoxy) is 1. The Morgan fingerprint density at radius 3 is 2.79 bits per heavy atom. The molecular weight excluding hydrogens is 302 g/mol. The van der Waals surface area contributed by atoms with Crippen LogP contribution in [0.25, 0.3) is 0 Å². The Balaban J connectivity index is 1.73. The summed E-state index contributed by atoms with van der Waals surface area (Å²) in [5, 5.41) is 3.52. The van der Waals surface area contributed by atoms with E-state index in [-0.39, 0.29) is 0 Å². The molecule has 2 aromatic rings. The molecule has 3 rings (SSSR count). The number of hydrogen-bond acceptors (Lipinski definition) is 2. The van der Waals surface area contributed by atoms with Crippen LogP contribution < -0.4 is 10.1 Å². The first kappa shape index (κ1) is 12.5. The molecule has 1 N–H and O–H groups in total. The van der Waals surface area contributed by atoms with Gasteiger partial charge in [0.25, 0.3) is 0 Å². The zero-order chi connectivity index (χ0) is 13.1. The van der Waals surface area contributed by atoms with Gasteiger partial charge in [-0.3, -0.25) is 0 Å². The number of halogens is 1. The van der Waals surface area contributed by atoms with E-state index in [0.717, 1.165) is 35.5 Å². The summed E-state index contributed by atoms with van der Waals surface area (Å²) in [5.74, 6) is 1.55. The molecule has 0 aliphatic carbocycles. The number of para-hydroxylation sites is 2. The van der Waals surface area contributed by atoms with Gasteiger partial charge in [0.15, 0.2) is 0 Å². The molecule has 1 heterocycles. The minimum atomic E-state index is 0.511. The van der Waals surface area contributed by atoms with Crippen LogP contribution in [0, 0.1) is 0 Å². The maximum Gasteiger partial charge on any atom is 0.122 e. The average Bonchev–Trinajstić information content (AvgIpc) is 2.46. The highest BCUT2D eigenvalue weighted by atomic mass is 79.9. The molecule has 1 aliphatic rings. The van der Waals surface area contributed by atoms with Gasteiger partial charge in [-0.2, -0.15) is 0 Å². The predicted molar refractivity (Wildman–Crippen MR) is 81.9 cm³/mol. The normalized spacial score (nSPS) is 17.4. The van der Waals surface area contributed by atoms with Crippen molar-refractivity contribution in [1.29, 1.82) is 0 Å². The van der Waals surface area contributed by atoms with E-state index in [1.807, 2.05) is 18.2 Å². The molecule has 0 aromatic heterocycles. The number of benzene rings is 2. The van der Waals surface area contributed by atoms with E-state index in [2.05, 4.69) is 51.6 Å². The third-order valence-corrected chi connectivity index (χ3v) is 4.19. The predicted octanol–water partition coefficient (Wildman–Crippen LogP) is 4.43. The standard InChI is InChI=1S/C16H16BrNO/c17-14-6-2-3-7-15(14)18-11-12-9-10-19-16-8-4-1-5-13(12)16/h1-8,12,18H,9-11H2. The Hall–Kier alpha value is -1.48. The van der Waals surface area contributed by atoms with Gasteiger partial charge in [0.2, 0.25) is 0 Å². The first-order valence-corrected chi connectivity index (χ1v) is 7.34. The van der Waals surface area contributed by atoms with Gasteiger partial charge in [-0.1, -0.05) is 30.3 Å². The van der Waals surface area contributed by atoms with E-state index < -0.39 is 0 Å². The van der Waals surface area contributed by atoms with Crippen molar-refractivity contribution in [3.63, 3.8) is 0 Å². The molecule has 1 atom stereocenters. The molecular formula is C16H16BrNO. The monoisotopic (exact) mass is 317 g/mol. The molecule has 0 fully saturated rings. The van der Waals surface area contributed by atoms with E-state index >= 15 is 0 Å². The molecule has 1 unspecified atom stereocenters. The molecule has 1 aliphatic heterocycles. The summed E-state index contributed by atoms with van der Waals surface area (Å²) in [6.45, 7) is 1.74. The van der Waals surface area contributed by atoms with Gasteiger partial charge in [0.1, 0.15) is 5.75 Å². The minimum Gasteiger partial charge on any atom is -0.493 e. The molecule has 0 radical (unpaired) electrons. The van der Waals surface area contributed by atoms with Crippen LogP contribution in [0.1, 0.15) is 17.9 Å². The van der Waals surface area contributed by atoms with Crippen molar-refractivity contribution >= 4 is 21.6 Å². The van der Waals surface area contributed by atoms with E-state index in [9.17, 15) is 0 Å². The molecule has 0 spiro atoms. The van der Waals surface area contributed by atoms with Gasteiger partial charge in [0.05, 0.1) is 6.61 Å². The molecule has 19 heavy (non-hydrogen) atoms. The summed E-state index contributed by atoms with van der Waals surface area (Å²) in [4.78, 5) is 0.